The number of nitroso groups, excluding NO2 is 1. The third-order valence-electron chi connectivity index (χ3n) is 1.04. The molecule has 1 N–H and O–H groups in total. The molecule has 0 amide bonds. The third kappa shape index (κ3) is 1.64. The molecule has 0 aromatic rings. The molecule has 1 aliphatic heterocycles. The van der Waals surface area contributed by atoms with Crippen LogP contribution in [0.2, 0.25) is 0 Å². The van der Waals surface area contributed by atoms with Crippen LogP contribution in [-0.4, -0.2) is 29.2 Å². The van der Waals surface area contributed by atoms with Gasteiger partial charge >= 0.3 is 0 Å². The zero-order valence-electron chi connectivity index (χ0n) is 8.74. The van der Waals surface area contributed by atoms with Crippen molar-refractivity contribution in [2.24, 2.45) is 5.29 Å². The highest BCUT2D eigenvalue weighted by Crippen LogP contribution is 2.08. The van der Waals surface area contributed by atoms with Gasteiger partial charge in [-0.2, -0.15) is 0 Å². The van der Waals surface area contributed by atoms with Crippen LogP contribution >= 0.6 is 0 Å². The van der Waals surface area contributed by atoms with Gasteiger partial charge in [0, 0.05) is 13.0 Å². The van der Waals surface area contributed by atoms with Gasteiger partial charge in [-0.25, -0.2) is 0 Å². The molecule has 0 spiro atoms. The Morgan fingerprint density at radius 2 is 2.22 bits per heavy atom. The molecule has 52 valence electrons. The number of aliphatic hydroxyl groups is 1. The number of hydrogen-bond acceptors (Lipinski definition) is 3. The van der Waals surface area contributed by atoms with E-state index in [4.69, 9.17) is 10.6 Å². The Morgan fingerprint density at radius 1 is 1.67 bits per heavy atom. The fourth-order valence-electron chi connectivity index (χ4n) is 0.569. The average Bonchev–Trinajstić information content (AvgIpc) is 1.79. The molecule has 0 atom stereocenters. The summed E-state index contributed by atoms with van der Waals surface area (Å²) in [5, 5.41) is 11.7. The van der Waals surface area contributed by atoms with Crippen LogP contribution in [0, 0.1) is 4.91 Å². The van der Waals surface area contributed by atoms with E-state index in [0.29, 0.717) is 0 Å². The first-order valence-electron chi connectivity index (χ1n) is 4.61. The summed E-state index contributed by atoms with van der Waals surface area (Å²) in [4.78, 5) is 10.2. The number of rotatable bonds is 1. The zero-order valence-corrected chi connectivity index (χ0v) is 4.74. The van der Waals surface area contributed by atoms with E-state index in [-0.39, 0.29) is 17.9 Å². The molecule has 0 aromatic carbocycles. The van der Waals surface area contributed by atoms with Crippen LogP contribution in [0.25, 0.3) is 0 Å². The summed E-state index contributed by atoms with van der Waals surface area (Å²) in [7, 11) is 0. The molecule has 4 heteroatoms. The number of aliphatic hydroxyl groups excluding tert-OH is 1. The molecule has 1 heterocycles. The lowest BCUT2D eigenvalue weighted by molar-refractivity contribution is 0.0833. The van der Waals surface area contributed by atoms with Crippen molar-refractivity contribution in [1.29, 1.82) is 0 Å². The lowest BCUT2D eigenvalue weighted by atomic mass is 10.1. The van der Waals surface area contributed by atoms with Gasteiger partial charge < -0.3 is 5.11 Å². The molecule has 1 rings (SSSR count). The number of piperidine rings is 1. The first-order valence-corrected chi connectivity index (χ1v) is 2.61. The highest BCUT2D eigenvalue weighted by Gasteiger charge is 2.15. The Morgan fingerprint density at radius 3 is 2.67 bits per heavy atom. The summed E-state index contributed by atoms with van der Waals surface area (Å²) in [6.07, 6.45) is -1.70. The first kappa shape index (κ1) is 2.96. The predicted molar refractivity (Wildman–Crippen MR) is 32.6 cm³/mol. The summed E-state index contributed by atoms with van der Waals surface area (Å²) in [6.45, 7) is -4.44. The monoisotopic (exact) mass is 134 g/mol. The fourth-order valence-corrected chi connectivity index (χ4v) is 0.569. The zero-order chi connectivity index (χ0) is 10.3. The van der Waals surface area contributed by atoms with Crippen molar-refractivity contribution in [1.82, 2.24) is 5.01 Å². The maximum absolute atomic E-state index is 10.2. The van der Waals surface area contributed by atoms with Crippen molar-refractivity contribution in [2.75, 3.05) is 13.0 Å². The molecule has 4 nitrogen and oxygen atoms in total. The topological polar surface area (TPSA) is 52.9 Å². The minimum Gasteiger partial charge on any atom is -0.393 e. The van der Waals surface area contributed by atoms with Gasteiger partial charge in [-0.3, -0.25) is 5.01 Å². The molecule has 0 unspecified atom stereocenters. The molecule has 0 saturated carbocycles. The second-order valence-corrected chi connectivity index (χ2v) is 1.77. The van der Waals surface area contributed by atoms with E-state index in [2.05, 4.69) is 5.29 Å². The van der Waals surface area contributed by atoms with Gasteiger partial charge in [-0.1, -0.05) is 0 Å². The summed E-state index contributed by atoms with van der Waals surface area (Å²) in [6, 6.07) is 0. The second-order valence-electron chi connectivity index (χ2n) is 1.77. The summed E-state index contributed by atoms with van der Waals surface area (Å²) in [5.74, 6) is 0. The van der Waals surface area contributed by atoms with Gasteiger partial charge in [0.1, 0.15) is 0 Å². The minimum atomic E-state index is -2.22. The lowest BCUT2D eigenvalue weighted by Gasteiger charge is -2.23. The lowest BCUT2D eigenvalue weighted by Crippen LogP contribution is -2.31. The second kappa shape index (κ2) is 2.77. The highest BCUT2D eigenvalue weighted by molar-refractivity contribution is 4.67. The van der Waals surface area contributed by atoms with Crippen molar-refractivity contribution in [3.8, 4) is 0 Å². The molecular formula is C5H10N2O2. The van der Waals surface area contributed by atoms with Crippen molar-refractivity contribution >= 4 is 0 Å². The Hall–Kier alpha value is -0.640. The standard InChI is InChI=1S/C5H10N2O2/c8-5-1-3-7(6-9)4-2-5/h5,8H,1-4H2/i3D2,4D2. The SMILES string of the molecule is [2H]C1([2H])CC(O)CC([2H])([2H])N1N=O. The van der Waals surface area contributed by atoms with Crippen LogP contribution in [0.3, 0.4) is 0 Å². The van der Waals surface area contributed by atoms with Crippen molar-refractivity contribution in [3.05, 3.63) is 4.91 Å². The Kier molecular flexibility index (Phi) is 0.914. The minimum absolute atomic E-state index is 0.229. The van der Waals surface area contributed by atoms with E-state index in [0.717, 1.165) is 0 Å². The van der Waals surface area contributed by atoms with E-state index < -0.39 is 19.1 Å². The van der Waals surface area contributed by atoms with Gasteiger partial charge in [0.15, 0.2) is 0 Å². The molecule has 1 fully saturated rings. The largest absolute Gasteiger partial charge is 0.393 e. The van der Waals surface area contributed by atoms with Gasteiger partial charge in [0.2, 0.25) is 0 Å². The van der Waals surface area contributed by atoms with E-state index in [9.17, 15) is 4.91 Å². The Bertz CT molecular complexity index is 205. The van der Waals surface area contributed by atoms with Gasteiger partial charge in [-0.05, 0) is 12.8 Å². The summed E-state index contributed by atoms with van der Waals surface area (Å²) < 4.78 is 29.1. The summed E-state index contributed by atoms with van der Waals surface area (Å²) in [5.41, 5.74) is 0. The smallest absolute Gasteiger partial charge is 0.0575 e. The van der Waals surface area contributed by atoms with Gasteiger partial charge in [0.25, 0.3) is 0 Å². The molecule has 9 heavy (non-hydrogen) atoms. The maximum Gasteiger partial charge on any atom is 0.0575 e. The first-order chi connectivity index (χ1) is 5.79. The third-order valence-corrected chi connectivity index (χ3v) is 1.04. The van der Waals surface area contributed by atoms with E-state index in [1.54, 1.807) is 0 Å². The molecule has 0 aliphatic carbocycles. The normalized spacial score (nSPS) is 39.9. The highest BCUT2D eigenvalue weighted by atomic mass is 16.3. The molecular weight excluding hydrogens is 120 g/mol. The van der Waals surface area contributed by atoms with Crippen molar-refractivity contribution < 1.29 is 10.6 Å². The quantitative estimate of drug-likeness (QED) is 0.518. The van der Waals surface area contributed by atoms with E-state index in [1.807, 2.05) is 0 Å². The van der Waals surface area contributed by atoms with Crippen LogP contribution in [0.4, 0.5) is 0 Å². The van der Waals surface area contributed by atoms with Gasteiger partial charge in [-0.15, -0.1) is 4.91 Å². The molecule has 0 radical (unpaired) electrons. The van der Waals surface area contributed by atoms with Gasteiger partial charge in [0.05, 0.1) is 16.9 Å². The van der Waals surface area contributed by atoms with Crippen LogP contribution in [0.15, 0.2) is 5.29 Å². The fraction of sp³-hybridized carbons (Fsp3) is 1.00. The predicted octanol–water partition coefficient (Wildman–Crippen LogP) is 0.125. The molecule has 0 bridgehead atoms. The number of nitrogens with zero attached hydrogens (tertiary/aromatic N) is 2. The molecule has 1 saturated heterocycles. The maximum atomic E-state index is 10.2. The van der Waals surface area contributed by atoms with Crippen molar-refractivity contribution in [2.45, 2.75) is 18.9 Å². The summed E-state index contributed by atoms with van der Waals surface area (Å²) >= 11 is 0. The Balaban J connectivity index is 2.94. The van der Waals surface area contributed by atoms with Crippen molar-refractivity contribution in [3.63, 3.8) is 0 Å². The Labute approximate surface area is 59.0 Å². The van der Waals surface area contributed by atoms with Crippen LogP contribution < -0.4 is 0 Å². The number of hydrogen-bond donors (Lipinski definition) is 1. The van der Waals surface area contributed by atoms with Crippen LogP contribution in [0.1, 0.15) is 18.3 Å². The van der Waals surface area contributed by atoms with E-state index >= 15 is 0 Å². The van der Waals surface area contributed by atoms with Crippen LogP contribution in [0.5, 0.6) is 0 Å². The molecule has 0 aromatic heterocycles. The average molecular weight is 134 g/mol. The van der Waals surface area contributed by atoms with E-state index in [1.165, 1.54) is 0 Å². The molecule has 1 aliphatic rings. The van der Waals surface area contributed by atoms with Crippen LogP contribution in [-0.2, 0) is 0 Å².